The van der Waals surface area contributed by atoms with Gasteiger partial charge in [-0.2, -0.15) is 0 Å². The molecule has 4 nitrogen and oxygen atoms in total. The van der Waals surface area contributed by atoms with Crippen LogP contribution in [0.3, 0.4) is 0 Å². The van der Waals surface area contributed by atoms with E-state index in [1.54, 1.807) is 24.2 Å². The first-order chi connectivity index (χ1) is 9.53. The number of rotatable bonds is 2. The van der Waals surface area contributed by atoms with Gasteiger partial charge in [0.05, 0.1) is 12.4 Å². The second-order valence-corrected chi connectivity index (χ2v) is 6.37. The van der Waals surface area contributed by atoms with Crippen LogP contribution >= 0.6 is 11.8 Å². The minimum atomic E-state index is -0.0593. The van der Waals surface area contributed by atoms with Crippen LogP contribution in [0.2, 0.25) is 0 Å². The minimum absolute atomic E-state index is 0.0593. The van der Waals surface area contributed by atoms with Gasteiger partial charge in [-0.25, -0.2) is 15.0 Å². The number of aromatic nitrogens is 2. The average Bonchev–Trinajstić information content (AvgIpc) is 2.39. The van der Waals surface area contributed by atoms with Gasteiger partial charge in [0.15, 0.2) is 5.17 Å². The Hall–Kier alpha value is -1.88. The lowest BCUT2D eigenvalue weighted by Crippen LogP contribution is -2.39. The van der Waals surface area contributed by atoms with Crippen molar-refractivity contribution >= 4 is 22.6 Å². The number of amidine groups is 1. The van der Waals surface area contributed by atoms with Crippen LogP contribution in [0, 0.1) is 0 Å². The van der Waals surface area contributed by atoms with Gasteiger partial charge in [0.25, 0.3) is 0 Å². The van der Waals surface area contributed by atoms with Crippen LogP contribution in [-0.2, 0) is 0 Å². The van der Waals surface area contributed by atoms with Gasteiger partial charge in [0.1, 0.15) is 12.0 Å². The highest BCUT2D eigenvalue weighted by atomic mass is 32.2. The molecule has 0 amide bonds. The maximum absolute atomic E-state index is 4.58. The number of nitrogens with one attached hydrogen (secondary N) is 1. The second kappa shape index (κ2) is 6.52. The number of hydrogen-bond acceptors (Lipinski definition) is 4. The quantitative estimate of drug-likeness (QED) is 0.520. The van der Waals surface area contributed by atoms with E-state index in [9.17, 15) is 0 Å². The van der Waals surface area contributed by atoms with E-state index < -0.39 is 0 Å². The molecule has 20 heavy (non-hydrogen) atoms. The van der Waals surface area contributed by atoms with Gasteiger partial charge in [0, 0.05) is 10.4 Å². The normalized spacial score (nSPS) is 12.2. The van der Waals surface area contributed by atoms with Gasteiger partial charge in [0.2, 0.25) is 0 Å². The summed E-state index contributed by atoms with van der Waals surface area (Å²) in [4.78, 5) is 13.7. The molecule has 0 radical (unpaired) electrons. The van der Waals surface area contributed by atoms with Crippen molar-refractivity contribution in [2.75, 3.05) is 0 Å². The molecule has 2 aromatic rings. The highest BCUT2D eigenvalue weighted by Crippen LogP contribution is 2.22. The number of benzene rings is 1. The molecule has 1 N–H and O–H groups in total. The Morgan fingerprint density at radius 3 is 2.35 bits per heavy atom. The number of hydrogen-bond donors (Lipinski definition) is 1. The van der Waals surface area contributed by atoms with Crippen LogP contribution in [0.15, 0.2) is 58.9 Å². The van der Waals surface area contributed by atoms with Crippen molar-refractivity contribution in [3.05, 3.63) is 49.1 Å². The third kappa shape index (κ3) is 5.01. The van der Waals surface area contributed by atoms with Crippen molar-refractivity contribution in [3.63, 3.8) is 0 Å². The Morgan fingerprint density at radius 1 is 1.10 bits per heavy atom. The van der Waals surface area contributed by atoms with Crippen molar-refractivity contribution in [2.45, 2.75) is 31.2 Å². The summed E-state index contributed by atoms with van der Waals surface area (Å²) in [5, 5.41) is 4.24. The van der Waals surface area contributed by atoms with Gasteiger partial charge >= 0.3 is 0 Å². The summed E-state index contributed by atoms with van der Waals surface area (Å²) in [5.41, 5.74) is 0.679. The molecule has 0 atom stereocenters. The fourth-order valence-electron chi connectivity index (χ4n) is 1.46. The van der Waals surface area contributed by atoms with E-state index in [4.69, 9.17) is 0 Å². The smallest absolute Gasteiger partial charge is 0.167 e. The molecule has 5 heteroatoms. The standard InChI is InChI=1S/C15H18N4S/c1-15(2,3)19-14(18-12-9-16-11-17-10-12)20-13-7-5-4-6-8-13/h4-11H,1-3H3,(H,18,19). The lowest BCUT2D eigenvalue weighted by molar-refractivity contribution is 0.515. The van der Waals surface area contributed by atoms with Crippen LogP contribution in [0.4, 0.5) is 5.69 Å². The van der Waals surface area contributed by atoms with Crippen LogP contribution < -0.4 is 5.32 Å². The van der Waals surface area contributed by atoms with Gasteiger partial charge in [-0.3, -0.25) is 0 Å². The summed E-state index contributed by atoms with van der Waals surface area (Å²) >= 11 is 1.59. The first-order valence-corrected chi connectivity index (χ1v) is 7.19. The monoisotopic (exact) mass is 286 g/mol. The zero-order valence-corrected chi connectivity index (χ0v) is 12.7. The lowest BCUT2D eigenvalue weighted by Gasteiger charge is -2.22. The van der Waals surface area contributed by atoms with Gasteiger partial charge in [-0.15, -0.1) is 0 Å². The molecule has 0 bridgehead atoms. The molecule has 0 aliphatic carbocycles. The van der Waals surface area contributed by atoms with Crippen molar-refractivity contribution in [1.29, 1.82) is 0 Å². The van der Waals surface area contributed by atoms with Crippen molar-refractivity contribution in [1.82, 2.24) is 15.3 Å². The van der Waals surface area contributed by atoms with Crippen LogP contribution in [0.5, 0.6) is 0 Å². The molecule has 1 heterocycles. The summed E-state index contributed by atoms with van der Waals surface area (Å²) in [7, 11) is 0. The zero-order chi connectivity index (χ0) is 14.4. The first kappa shape index (κ1) is 14.5. The first-order valence-electron chi connectivity index (χ1n) is 6.38. The topological polar surface area (TPSA) is 50.2 Å². The highest BCUT2D eigenvalue weighted by molar-refractivity contribution is 8.13. The molecule has 0 aliphatic heterocycles. The van der Waals surface area contributed by atoms with E-state index in [0.29, 0.717) is 0 Å². The molecule has 2 rings (SSSR count). The molecule has 1 aromatic carbocycles. The summed E-state index contributed by atoms with van der Waals surface area (Å²) < 4.78 is 0. The van der Waals surface area contributed by atoms with Crippen LogP contribution in [0.1, 0.15) is 20.8 Å². The minimum Gasteiger partial charge on any atom is -0.360 e. The summed E-state index contributed by atoms with van der Waals surface area (Å²) in [6.07, 6.45) is 4.89. The van der Waals surface area contributed by atoms with Crippen molar-refractivity contribution in [2.24, 2.45) is 4.99 Å². The third-order valence-electron chi connectivity index (χ3n) is 2.22. The van der Waals surface area contributed by atoms with Gasteiger partial charge in [-0.05, 0) is 32.9 Å². The van der Waals surface area contributed by atoms with Crippen molar-refractivity contribution in [3.8, 4) is 0 Å². The molecule has 1 aromatic heterocycles. The van der Waals surface area contributed by atoms with E-state index in [2.05, 4.69) is 53.2 Å². The Morgan fingerprint density at radius 2 is 1.75 bits per heavy atom. The molecule has 104 valence electrons. The fourth-order valence-corrected chi connectivity index (χ4v) is 2.49. The van der Waals surface area contributed by atoms with E-state index in [0.717, 1.165) is 15.8 Å². The van der Waals surface area contributed by atoms with Crippen LogP contribution in [-0.4, -0.2) is 20.7 Å². The molecule has 0 aliphatic rings. The molecular formula is C15H18N4S. The number of thioether (sulfide) groups is 1. The van der Waals surface area contributed by atoms with Crippen LogP contribution in [0.25, 0.3) is 0 Å². The largest absolute Gasteiger partial charge is 0.360 e. The Bertz CT molecular complexity index is 561. The maximum atomic E-state index is 4.58. The zero-order valence-electron chi connectivity index (χ0n) is 11.9. The van der Waals surface area contributed by atoms with Gasteiger partial charge in [-0.1, -0.05) is 30.0 Å². The van der Waals surface area contributed by atoms with Gasteiger partial charge < -0.3 is 5.32 Å². The Kier molecular flexibility index (Phi) is 4.74. The average molecular weight is 286 g/mol. The fraction of sp³-hybridized carbons (Fsp3) is 0.267. The summed E-state index contributed by atoms with van der Waals surface area (Å²) in [5.74, 6) is 0. The Labute approximate surface area is 123 Å². The van der Waals surface area contributed by atoms with E-state index in [1.807, 2.05) is 18.2 Å². The predicted octanol–water partition coefficient (Wildman–Crippen LogP) is 3.64. The second-order valence-electron chi connectivity index (χ2n) is 5.30. The van der Waals surface area contributed by atoms with E-state index >= 15 is 0 Å². The lowest BCUT2D eigenvalue weighted by atomic mass is 10.1. The number of aliphatic imine (C=N–C) groups is 1. The SMILES string of the molecule is CC(C)(C)N/C(=N/c1cncnc1)Sc1ccccc1. The number of nitrogens with zero attached hydrogens (tertiary/aromatic N) is 3. The maximum Gasteiger partial charge on any atom is 0.167 e. The molecule has 0 spiro atoms. The third-order valence-corrected chi connectivity index (χ3v) is 3.11. The molecule has 0 fully saturated rings. The van der Waals surface area contributed by atoms with Crippen molar-refractivity contribution < 1.29 is 0 Å². The predicted molar refractivity (Wildman–Crippen MR) is 84.3 cm³/mol. The highest BCUT2D eigenvalue weighted by Gasteiger charge is 2.13. The Balaban J connectivity index is 2.23. The molecule has 0 unspecified atom stereocenters. The molecular weight excluding hydrogens is 268 g/mol. The summed E-state index contributed by atoms with van der Waals surface area (Å²) in [6, 6.07) is 10.2. The van der Waals surface area contributed by atoms with E-state index in [-0.39, 0.29) is 5.54 Å². The van der Waals surface area contributed by atoms with E-state index in [1.165, 1.54) is 6.33 Å². The molecule has 0 saturated heterocycles. The molecule has 0 saturated carbocycles. The summed E-state index contributed by atoms with van der Waals surface area (Å²) in [6.45, 7) is 6.32.